The van der Waals surface area contributed by atoms with Crippen LogP contribution in [-0.2, 0) is 11.3 Å². The Labute approximate surface area is 162 Å². The van der Waals surface area contributed by atoms with Gasteiger partial charge in [0.25, 0.3) is 5.56 Å². The van der Waals surface area contributed by atoms with Crippen LogP contribution in [0, 0.1) is 6.92 Å². The molecule has 1 amide bonds. The van der Waals surface area contributed by atoms with E-state index in [0.717, 1.165) is 17.7 Å². The van der Waals surface area contributed by atoms with E-state index in [2.05, 4.69) is 15.6 Å². The maximum absolute atomic E-state index is 12.7. The van der Waals surface area contributed by atoms with E-state index >= 15 is 0 Å². The fourth-order valence-electron chi connectivity index (χ4n) is 2.98. The molecule has 8 nitrogen and oxygen atoms in total. The molecule has 0 unspecified atom stereocenters. The lowest BCUT2D eigenvalue weighted by molar-refractivity contribution is -0.121. The Bertz CT molecular complexity index is 1020. The largest absolute Gasteiger partial charge is 0.497 e. The van der Waals surface area contributed by atoms with E-state index in [4.69, 9.17) is 9.26 Å². The molecular weight excluding hydrogens is 360 g/mol. The van der Waals surface area contributed by atoms with Crippen molar-refractivity contribution in [3.63, 3.8) is 0 Å². The quantitative estimate of drug-likeness (QED) is 0.641. The van der Waals surface area contributed by atoms with Gasteiger partial charge in [-0.3, -0.25) is 9.59 Å². The molecule has 0 bridgehead atoms. The first-order valence-corrected chi connectivity index (χ1v) is 9.33. The van der Waals surface area contributed by atoms with Gasteiger partial charge in [-0.1, -0.05) is 12.1 Å². The van der Waals surface area contributed by atoms with Crippen molar-refractivity contribution in [3.05, 3.63) is 40.4 Å². The Morgan fingerprint density at radius 3 is 2.71 bits per heavy atom. The van der Waals surface area contributed by atoms with E-state index in [1.165, 1.54) is 4.68 Å². The molecule has 3 rings (SSSR count). The zero-order valence-electron chi connectivity index (χ0n) is 16.3. The van der Waals surface area contributed by atoms with Crippen molar-refractivity contribution in [1.29, 1.82) is 0 Å². The van der Waals surface area contributed by atoms with Gasteiger partial charge in [0.15, 0.2) is 5.52 Å². The second kappa shape index (κ2) is 8.69. The number of benzene rings is 1. The number of amides is 1. The number of aromatic nitrogens is 3. The number of fused-ring (bicyclic) bond motifs is 1. The summed E-state index contributed by atoms with van der Waals surface area (Å²) in [6.07, 6.45) is 1.73. The molecule has 0 atom stereocenters. The molecule has 0 aliphatic heterocycles. The van der Waals surface area contributed by atoms with Gasteiger partial charge in [-0.05, 0) is 44.0 Å². The minimum Gasteiger partial charge on any atom is -0.497 e. The number of carbonyl (C=O) groups is 1. The van der Waals surface area contributed by atoms with Crippen molar-refractivity contribution in [3.8, 4) is 17.0 Å². The highest BCUT2D eigenvalue weighted by Crippen LogP contribution is 2.28. The number of ether oxygens (including phenoxy) is 1. The number of carbonyl (C=O) groups excluding carboxylic acids is 1. The van der Waals surface area contributed by atoms with E-state index in [9.17, 15) is 9.59 Å². The molecule has 28 heavy (non-hydrogen) atoms. The summed E-state index contributed by atoms with van der Waals surface area (Å²) in [5.74, 6) is 1.24. The van der Waals surface area contributed by atoms with Crippen molar-refractivity contribution in [2.24, 2.45) is 0 Å². The van der Waals surface area contributed by atoms with E-state index in [1.54, 1.807) is 14.0 Å². The molecule has 2 aromatic heterocycles. The fourth-order valence-corrected chi connectivity index (χ4v) is 2.98. The lowest BCUT2D eigenvalue weighted by Gasteiger charge is -2.09. The highest BCUT2D eigenvalue weighted by Gasteiger charge is 2.19. The number of methoxy groups -OCH3 is 1. The van der Waals surface area contributed by atoms with Gasteiger partial charge < -0.3 is 14.6 Å². The van der Waals surface area contributed by atoms with Crippen LogP contribution in [0.4, 0.5) is 0 Å². The number of rotatable bonds is 8. The van der Waals surface area contributed by atoms with Crippen LogP contribution in [0.5, 0.6) is 5.75 Å². The lowest BCUT2D eigenvalue weighted by atomic mass is 10.1. The molecule has 0 saturated carbocycles. The van der Waals surface area contributed by atoms with Gasteiger partial charge in [0.1, 0.15) is 17.2 Å². The van der Waals surface area contributed by atoms with Gasteiger partial charge in [-0.2, -0.15) is 5.10 Å². The Kier molecular flexibility index (Phi) is 6.08. The Balaban J connectivity index is 1.92. The summed E-state index contributed by atoms with van der Waals surface area (Å²) in [5, 5.41) is 11.9. The van der Waals surface area contributed by atoms with E-state index in [1.807, 2.05) is 31.2 Å². The standard InChI is InChI=1S/C20H24N4O4/c1-4-11-21-16(25)6-5-12-24-20(26)19-17(13(2)28-23-19)18(22-24)14-7-9-15(27-3)10-8-14/h7-10H,4-6,11-12H2,1-3H3,(H,21,25). The molecular formula is C20H24N4O4. The molecule has 0 radical (unpaired) electrons. The third-order valence-electron chi connectivity index (χ3n) is 4.47. The number of aryl methyl sites for hydroxylation is 2. The zero-order valence-corrected chi connectivity index (χ0v) is 16.3. The first-order valence-electron chi connectivity index (χ1n) is 9.33. The molecule has 2 heterocycles. The third kappa shape index (κ3) is 4.05. The highest BCUT2D eigenvalue weighted by atomic mass is 16.5. The normalized spacial score (nSPS) is 11.0. The molecule has 0 spiro atoms. The molecule has 1 aromatic carbocycles. The average molecular weight is 384 g/mol. The molecule has 8 heteroatoms. The minimum atomic E-state index is -0.321. The summed E-state index contributed by atoms with van der Waals surface area (Å²) in [6.45, 7) is 4.73. The van der Waals surface area contributed by atoms with Gasteiger partial charge in [0.05, 0.1) is 12.5 Å². The number of nitrogens with zero attached hydrogens (tertiary/aromatic N) is 3. The van der Waals surface area contributed by atoms with Crippen molar-refractivity contribution in [2.75, 3.05) is 13.7 Å². The minimum absolute atomic E-state index is 0.0244. The summed E-state index contributed by atoms with van der Waals surface area (Å²) in [7, 11) is 1.60. The van der Waals surface area contributed by atoms with Crippen molar-refractivity contribution in [1.82, 2.24) is 20.3 Å². The average Bonchev–Trinajstić information content (AvgIpc) is 3.10. The van der Waals surface area contributed by atoms with Crippen LogP contribution in [0.3, 0.4) is 0 Å². The summed E-state index contributed by atoms with van der Waals surface area (Å²) in [5.41, 5.74) is 1.37. The number of hydrogen-bond acceptors (Lipinski definition) is 6. The van der Waals surface area contributed by atoms with Crippen LogP contribution in [0.25, 0.3) is 22.2 Å². The number of nitrogens with one attached hydrogen (secondary N) is 1. The maximum atomic E-state index is 12.7. The monoisotopic (exact) mass is 384 g/mol. The van der Waals surface area contributed by atoms with Crippen LogP contribution in [0.2, 0.25) is 0 Å². The highest BCUT2D eigenvalue weighted by molar-refractivity contribution is 5.93. The molecule has 1 N–H and O–H groups in total. The summed E-state index contributed by atoms with van der Waals surface area (Å²) in [4.78, 5) is 24.5. The SMILES string of the molecule is CCCNC(=O)CCCn1nc(-c2ccc(OC)cc2)c2c(C)onc2c1=O. The molecule has 0 saturated heterocycles. The van der Waals surface area contributed by atoms with Crippen molar-refractivity contribution in [2.45, 2.75) is 39.7 Å². The summed E-state index contributed by atoms with van der Waals surface area (Å²) < 4.78 is 11.8. The van der Waals surface area contributed by atoms with Gasteiger partial charge in [-0.15, -0.1) is 0 Å². The van der Waals surface area contributed by atoms with Crippen LogP contribution in [0.1, 0.15) is 31.9 Å². The Morgan fingerprint density at radius 1 is 1.29 bits per heavy atom. The van der Waals surface area contributed by atoms with Crippen LogP contribution >= 0.6 is 0 Å². The summed E-state index contributed by atoms with van der Waals surface area (Å²) in [6, 6.07) is 7.42. The first kappa shape index (κ1) is 19.6. The van der Waals surface area contributed by atoms with E-state index < -0.39 is 0 Å². The van der Waals surface area contributed by atoms with Gasteiger partial charge >= 0.3 is 0 Å². The molecule has 0 aliphatic carbocycles. The van der Waals surface area contributed by atoms with Crippen LogP contribution < -0.4 is 15.6 Å². The van der Waals surface area contributed by atoms with Gasteiger partial charge in [0, 0.05) is 25.1 Å². The second-order valence-electron chi connectivity index (χ2n) is 6.52. The molecule has 148 valence electrons. The van der Waals surface area contributed by atoms with Crippen LogP contribution in [-0.4, -0.2) is 34.5 Å². The fraction of sp³-hybridized carbons (Fsp3) is 0.400. The van der Waals surface area contributed by atoms with E-state index in [-0.39, 0.29) is 17.0 Å². The zero-order chi connectivity index (χ0) is 20.1. The van der Waals surface area contributed by atoms with Gasteiger partial charge in [-0.25, -0.2) is 4.68 Å². The summed E-state index contributed by atoms with van der Waals surface area (Å²) >= 11 is 0. The van der Waals surface area contributed by atoms with Crippen molar-refractivity contribution < 1.29 is 14.1 Å². The van der Waals surface area contributed by atoms with Gasteiger partial charge in [0.2, 0.25) is 5.91 Å². The second-order valence-corrected chi connectivity index (χ2v) is 6.52. The predicted octanol–water partition coefficient (Wildman–Crippen LogP) is 2.67. The van der Waals surface area contributed by atoms with E-state index in [0.29, 0.717) is 42.8 Å². The third-order valence-corrected chi connectivity index (χ3v) is 4.47. The number of hydrogen-bond donors (Lipinski definition) is 1. The van der Waals surface area contributed by atoms with Crippen molar-refractivity contribution >= 4 is 16.8 Å². The lowest BCUT2D eigenvalue weighted by Crippen LogP contribution is -2.27. The van der Waals surface area contributed by atoms with Crippen LogP contribution in [0.15, 0.2) is 33.6 Å². The first-order chi connectivity index (χ1) is 13.5. The molecule has 3 aromatic rings. The molecule has 0 fully saturated rings. The predicted molar refractivity (Wildman–Crippen MR) is 105 cm³/mol. The Morgan fingerprint density at radius 2 is 2.04 bits per heavy atom. The maximum Gasteiger partial charge on any atom is 0.296 e. The Hall–Kier alpha value is -3.16. The smallest absolute Gasteiger partial charge is 0.296 e. The topological polar surface area (TPSA) is 99.2 Å². The molecule has 0 aliphatic rings.